The number of benzene rings is 2. The molecule has 0 radical (unpaired) electrons. The molecule has 7 nitrogen and oxygen atoms in total. The van der Waals surface area contributed by atoms with Gasteiger partial charge < -0.3 is 15.4 Å². The fourth-order valence-corrected chi connectivity index (χ4v) is 4.90. The number of ether oxygens (including phenoxy) is 1. The second-order valence-corrected chi connectivity index (χ2v) is 9.33. The molecule has 2 heterocycles. The zero-order valence-corrected chi connectivity index (χ0v) is 20.4. The van der Waals surface area contributed by atoms with Crippen LogP contribution >= 0.6 is 11.8 Å². The molecule has 1 amide bonds. The average Bonchev–Trinajstić information content (AvgIpc) is 3.19. The van der Waals surface area contributed by atoms with E-state index >= 15 is 0 Å². The van der Waals surface area contributed by atoms with E-state index in [1.54, 1.807) is 18.9 Å². The van der Waals surface area contributed by atoms with E-state index < -0.39 is 0 Å². The van der Waals surface area contributed by atoms with E-state index in [-0.39, 0.29) is 17.9 Å². The maximum absolute atomic E-state index is 13.4. The van der Waals surface area contributed by atoms with Gasteiger partial charge in [0.1, 0.15) is 5.75 Å². The van der Waals surface area contributed by atoms with Crippen molar-refractivity contribution in [1.82, 2.24) is 14.8 Å². The van der Waals surface area contributed by atoms with E-state index in [9.17, 15) is 4.79 Å². The number of anilines is 2. The van der Waals surface area contributed by atoms with Crippen LogP contribution in [-0.2, 0) is 10.5 Å². The first-order chi connectivity index (χ1) is 15.9. The number of nitrogens with one attached hydrogen (secondary N) is 2. The molecule has 33 heavy (non-hydrogen) atoms. The Labute approximate surface area is 198 Å². The van der Waals surface area contributed by atoms with Gasteiger partial charge in [-0.1, -0.05) is 62.0 Å². The summed E-state index contributed by atoms with van der Waals surface area (Å²) in [7, 11) is 1.59. The minimum atomic E-state index is -0.240. The fourth-order valence-electron chi connectivity index (χ4n) is 4.00. The second kappa shape index (κ2) is 9.70. The molecule has 0 saturated heterocycles. The highest BCUT2D eigenvalue weighted by atomic mass is 32.2. The Morgan fingerprint density at radius 1 is 1.18 bits per heavy atom. The summed E-state index contributed by atoms with van der Waals surface area (Å²) in [6.07, 6.45) is 0. The lowest BCUT2D eigenvalue weighted by atomic mass is 9.92. The predicted molar refractivity (Wildman–Crippen MR) is 133 cm³/mol. The van der Waals surface area contributed by atoms with Crippen LogP contribution < -0.4 is 15.4 Å². The van der Waals surface area contributed by atoms with Crippen LogP contribution in [0.15, 0.2) is 65.0 Å². The number of methoxy groups -OCH3 is 1. The largest absolute Gasteiger partial charge is 0.495 e. The Kier molecular flexibility index (Phi) is 6.74. The topological polar surface area (TPSA) is 81.1 Å². The molecule has 0 aliphatic carbocycles. The number of allylic oxidation sites excluding steroid dienone is 1. The molecule has 0 unspecified atom stereocenters. The maximum Gasteiger partial charge on any atom is 0.255 e. The number of carbonyl (C=O) groups is 1. The van der Waals surface area contributed by atoms with Crippen LogP contribution in [0.4, 0.5) is 11.6 Å². The molecule has 4 rings (SSSR count). The molecule has 2 N–H and O–H groups in total. The lowest BCUT2D eigenvalue weighted by molar-refractivity contribution is -0.113. The van der Waals surface area contributed by atoms with Crippen LogP contribution in [0, 0.1) is 12.8 Å². The van der Waals surface area contributed by atoms with Gasteiger partial charge in [0.05, 0.1) is 24.4 Å². The molecule has 1 aromatic heterocycles. The number of fused-ring (bicyclic) bond motifs is 1. The van der Waals surface area contributed by atoms with Crippen molar-refractivity contribution < 1.29 is 9.53 Å². The Balaban J connectivity index is 1.59. The van der Waals surface area contributed by atoms with E-state index in [4.69, 9.17) is 14.8 Å². The van der Waals surface area contributed by atoms with Crippen molar-refractivity contribution in [2.45, 2.75) is 44.6 Å². The summed E-state index contributed by atoms with van der Waals surface area (Å²) >= 11 is 1.59. The van der Waals surface area contributed by atoms with Crippen LogP contribution in [0.1, 0.15) is 37.9 Å². The highest BCUT2D eigenvalue weighted by Gasteiger charge is 2.35. The van der Waals surface area contributed by atoms with Crippen LogP contribution in [-0.4, -0.2) is 27.8 Å². The van der Waals surface area contributed by atoms with Crippen molar-refractivity contribution in [3.63, 3.8) is 0 Å². The molecule has 0 fully saturated rings. The van der Waals surface area contributed by atoms with Gasteiger partial charge in [0, 0.05) is 11.4 Å². The number of aryl methyl sites for hydroxylation is 1. The maximum atomic E-state index is 13.4. The first-order valence-corrected chi connectivity index (χ1v) is 11.9. The minimum absolute atomic E-state index is 0.134. The third-order valence-corrected chi connectivity index (χ3v) is 6.61. The van der Waals surface area contributed by atoms with Crippen LogP contribution in [0.2, 0.25) is 0 Å². The Morgan fingerprint density at radius 3 is 2.64 bits per heavy atom. The quantitative estimate of drug-likeness (QED) is 0.455. The average molecular weight is 464 g/mol. The second-order valence-electron chi connectivity index (χ2n) is 8.38. The van der Waals surface area contributed by atoms with Crippen molar-refractivity contribution in [3.05, 3.63) is 70.9 Å². The van der Waals surface area contributed by atoms with Gasteiger partial charge in [-0.15, -0.1) is 5.10 Å². The molecule has 1 atom stereocenters. The Morgan fingerprint density at radius 2 is 1.91 bits per heavy atom. The number of hydrogen-bond acceptors (Lipinski definition) is 6. The summed E-state index contributed by atoms with van der Waals surface area (Å²) in [6.45, 7) is 8.19. The predicted octanol–water partition coefficient (Wildman–Crippen LogP) is 5.42. The molecule has 8 heteroatoms. The van der Waals surface area contributed by atoms with Crippen molar-refractivity contribution in [1.29, 1.82) is 0 Å². The molecule has 1 aliphatic rings. The molecular weight excluding hydrogens is 434 g/mol. The summed E-state index contributed by atoms with van der Waals surface area (Å²) in [5.74, 6) is 2.02. The molecule has 2 aromatic carbocycles. The highest BCUT2D eigenvalue weighted by Crippen LogP contribution is 2.37. The van der Waals surface area contributed by atoms with E-state index in [1.165, 1.54) is 11.1 Å². The van der Waals surface area contributed by atoms with Crippen LogP contribution in [0.25, 0.3) is 0 Å². The summed E-state index contributed by atoms with van der Waals surface area (Å²) in [5.41, 5.74) is 4.56. The monoisotopic (exact) mass is 463 g/mol. The van der Waals surface area contributed by atoms with Gasteiger partial charge in [-0.3, -0.25) is 4.79 Å². The molecule has 3 aromatic rings. The Hall–Kier alpha value is -3.26. The summed E-state index contributed by atoms with van der Waals surface area (Å²) in [5, 5.41) is 11.8. The van der Waals surface area contributed by atoms with E-state index in [0.717, 1.165) is 11.4 Å². The third-order valence-electron chi connectivity index (χ3n) is 5.72. The number of nitrogens with zero attached hydrogens (tertiary/aromatic N) is 3. The molecule has 172 valence electrons. The number of hydrogen-bond donors (Lipinski definition) is 2. The van der Waals surface area contributed by atoms with Crippen molar-refractivity contribution in [2.24, 2.45) is 5.92 Å². The molecule has 0 spiro atoms. The minimum Gasteiger partial charge on any atom is -0.495 e. The van der Waals surface area contributed by atoms with Crippen LogP contribution in [0.5, 0.6) is 5.75 Å². The van der Waals surface area contributed by atoms with Crippen molar-refractivity contribution >= 4 is 29.3 Å². The molecular formula is C25H29N5O2S. The van der Waals surface area contributed by atoms with Gasteiger partial charge in [0.15, 0.2) is 0 Å². The van der Waals surface area contributed by atoms with Gasteiger partial charge in [0.25, 0.3) is 5.91 Å². The number of para-hydroxylation sites is 2. The molecule has 1 aliphatic heterocycles. The smallest absolute Gasteiger partial charge is 0.255 e. The summed E-state index contributed by atoms with van der Waals surface area (Å²) in [6, 6.07) is 15.5. The van der Waals surface area contributed by atoms with Gasteiger partial charge >= 0.3 is 0 Å². The summed E-state index contributed by atoms with van der Waals surface area (Å²) < 4.78 is 7.23. The zero-order valence-electron chi connectivity index (χ0n) is 19.5. The van der Waals surface area contributed by atoms with Crippen LogP contribution in [0.3, 0.4) is 0 Å². The van der Waals surface area contributed by atoms with Gasteiger partial charge in [-0.05, 0) is 43.0 Å². The van der Waals surface area contributed by atoms with Gasteiger partial charge in [-0.2, -0.15) is 4.98 Å². The van der Waals surface area contributed by atoms with Gasteiger partial charge in [0.2, 0.25) is 11.1 Å². The number of aromatic nitrogens is 3. The number of rotatable bonds is 7. The molecule has 0 bridgehead atoms. The lowest BCUT2D eigenvalue weighted by Gasteiger charge is -2.30. The summed E-state index contributed by atoms with van der Waals surface area (Å²) in [4.78, 5) is 18.1. The standard InChI is InChI=1S/C25H29N5O2S/c1-15(2)22-21(23(31)27-19-12-8-9-13-20(19)32-5)17(4)26-24-28-25(29-30(22)24)33-14-18-11-7-6-10-16(18)3/h6-13,15,22H,14H2,1-5H3,(H,27,31)(H,26,28,29)/t22-/m1/s1. The number of carbonyl (C=O) groups excluding carboxylic acids is 1. The first kappa shape index (κ1) is 22.9. The normalized spacial score (nSPS) is 15.3. The van der Waals surface area contributed by atoms with E-state index in [1.807, 2.05) is 48.0 Å². The van der Waals surface area contributed by atoms with Gasteiger partial charge in [-0.25, -0.2) is 4.68 Å². The SMILES string of the molecule is COc1ccccc1NC(=O)C1=C(C)Nc2nc(SCc3ccccc3C)nn2[C@@H]1C(C)C. The van der Waals surface area contributed by atoms with Crippen molar-refractivity contribution in [2.75, 3.05) is 17.7 Å². The highest BCUT2D eigenvalue weighted by molar-refractivity contribution is 7.98. The fraction of sp³-hybridized carbons (Fsp3) is 0.320. The first-order valence-electron chi connectivity index (χ1n) is 10.9. The zero-order chi connectivity index (χ0) is 23.5. The molecule has 0 saturated carbocycles. The number of amides is 1. The van der Waals surface area contributed by atoms with E-state index in [0.29, 0.717) is 28.1 Å². The third kappa shape index (κ3) is 4.75. The van der Waals surface area contributed by atoms with Crippen molar-refractivity contribution in [3.8, 4) is 5.75 Å². The number of thioether (sulfide) groups is 1. The lowest BCUT2D eigenvalue weighted by Crippen LogP contribution is -2.33. The Bertz CT molecular complexity index is 1200. The van der Waals surface area contributed by atoms with E-state index in [2.05, 4.69) is 43.5 Å².